The van der Waals surface area contributed by atoms with E-state index in [1.807, 2.05) is 6.07 Å². The predicted molar refractivity (Wildman–Crippen MR) is 64.9 cm³/mol. The molecule has 0 atom stereocenters. The molecule has 0 spiro atoms. The zero-order chi connectivity index (χ0) is 13.1. The highest BCUT2D eigenvalue weighted by atomic mass is 16.4. The van der Waals surface area contributed by atoms with Gasteiger partial charge in [0.15, 0.2) is 0 Å². The summed E-state index contributed by atoms with van der Waals surface area (Å²) >= 11 is 0. The van der Waals surface area contributed by atoms with Crippen molar-refractivity contribution in [3.05, 3.63) is 47.2 Å². The molecule has 0 fully saturated rings. The second-order valence-corrected chi connectivity index (χ2v) is 3.98. The quantitative estimate of drug-likeness (QED) is 0.896. The van der Waals surface area contributed by atoms with Crippen LogP contribution in [0.1, 0.15) is 16.9 Å². The van der Waals surface area contributed by atoms with Crippen molar-refractivity contribution in [2.45, 2.75) is 13.3 Å². The highest BCUT2D eigenvalue weighted by molar-refractivity contribution is 5.70. The van der Waals surface area contributed by atoms with Crippen LogP contribution in [0.4, 0.5) is 0 Å². The molecule has 4 nitrogen and oxygen atoms in total. The number of carbonyl (C=O) groups is 1. The van der Waals surface area contributed by atoms with E-state index in [9.17, 15) is 4.79 Å². The maximum absolute atomic E-state index is 10.7. The molecular formula is C14H11NO3. The fourth-order valence-electron chi connectivity index (χ4n) is 1.72. The number of nitrogens with zero attached hydrogens (tertiary/aromatic N) is 1. The topological polar surface area (TPSA) is 74.2 Å². The number of carboxylic acids is 1. The third-order valence-corrected chi connectivity index (χ3v) is 2.61. The van der Waals surface area contributed by atoms with Gasteiger partial charge in [0.1, 0.15) is 17.9 Å². The fourth-order valence-corrected chi connectivity index (χ4v) is 1.72. The normalized spacial score (nSPS) is 10.0. The second-order valence-electron chi connectivity index (χ2n) is 3.98. The number of aliphatic carboxylic acids is 1. The minimum atomic E-state index is -0.926. The van der Waals surface area contributed by atoms with E-state index in [4.69, 9.17) is 14.8 Å². The van der Waals surface area contributed by atoms with Crippen molar-refractivity contribution in [3.8, 4) is 17.4 Å². The van der Waals surface area contributed by atoms with Gasteiger partial charge in [0.25, 0.3) is 0 Å². The average molecular weight is 241 g/mol. The van der Waals surface area contributed by atoms with Crippen LogP contribution in [0.3, 0.4) is 0 Å². The second kappa shape index (κ2) is 4.76. The number of hydrogen-bond acceptors (Lipinski definition) is 3. The van der Waals surface area contributed by atoms with E-state index in [-0.39, 0.29) is 6.42 Å². The molecule has 18 heavy (non-hydrogen) atoms. The standard InChI is InChI=1S/C14H11NO3/c1-9-5-13(18-12(9)7-14(16)17)11-4-2-3-10(6-11)8-15/h2-6H,7H2,1H3,(H,16,17). The van der Waals surface area contributed by atoms with Gasteiger partial charge in [-0.2, -0.15) is 5.26 Å². The van der Waals surface area contributed by atoms with Gasteiger partial charge in [-0.25, -0.2) is 0 Å². The molecular weight excluding hydrogens is 230 g/mol. The summed E-state index contributed by atoms with van der Waals surface area (Å²) in [5.41, 5.74) is 2.12. The molecule has 0 aliphatic rings. The number of carboxylic acid groups (broad SMARTS) is 1. The molecule has 0 aliphatic heterocycles. The minimum absolute atomic E-state index is 0.135. The zero-order valence-electron chi connectivity index (χ0n) is 9.80. The van der Waals surface area contributed by atoms with Crippen LogP contribution in [-0.4, -0.2) is 11.1 Å². The van der Waals surface area contributed by atoms with Crippen LogP contribution in [0.5, 0.6) is 0 Å². The van der Waals surface area contributed by atoms with E-state index in [2.05, 4.69) is 6.07 Å². The summed E-state index contributed by atoms with van der Waals surface area (Å²) in [5.74, 6) is 0.102. The first kappa shape index (κ1) is 11.9. The predicted octanol–water partition coefficient (Wildman–Crippen LogP) is 2.75. The van der Waals surface area contributed by atoms with Gasteiger partial charge in [0, 0.05) is 5.56 Å². The molecule has 0 saturated heterocycles. The summed E-state index contributed by atoms with van der Waals surface area (Å²) in [4.78, 5) is 10.7. The van der Waals surface area contributed by atoms with Crippen molar-refractivity contribution in [1.82, 2.24) is 0 Å². The molecule has 0 aliphatic carbocycles. The molecule has 0 amide bonds. The maximum Gasteiger partial charge on any atom is 0.311 e. The summed E-state index contributed by atoms with van der Waals surface area (Å²) in [6.45, 7) is 1.80. The van der Waals surface area contributed by atoms with Crippen molar-refractivity contribution in [1.29, 1.82) is 5.26 Å². The van der Waals surface area contributed by atoms with Crippen molar-refractivity contribution in [2.75, 3.05) is 0 Å². The van der Waals surface area contributed by atoms with Crippen LogP contribution < -0.4 is 0 Å². The van der Waals surface area contributed by atoms with E-state index in [0.717, 1.165) is 11.1 Å². The highest BCUT2D eigenvalue weighted by Crippen LogP contribution is 2.26. The van der Waals surface area contributed by atoms with Gasteiger partial charge in [0.05, 0.1) is 11.6 Å². The Hall–Kier alpha value is -2.54. The molecule has 1 heterocycles. The zero-order valence-corrected chi connectivity index (χ0v) is 9.80. The van der Waals surface area contributed by atoms with Crippen molar-refractivity contribution >= 4 is 5.97 Å². The number of benzene rings is 1. The highest BCUT2D eigenvalue weighted by Gasteiger charge is 2.12. The van der Waals surface area contributed by atoms with Gasteiger partial charge >= 0.3 is 5.97 Å². The third kappa shape index (κ3) is 2.41. The van der Waals surface area contributed by atoms with Gasteiger partial charge in [-0.15, -0.1) is 0 Å². The first-order chi connectivity index (χ1) is 8.60. The summed E-state index contributed by atoms with van der Waals surface area (Å²) in [6, 6.07) is 10.8. The molecule has 0 saturated carbocycles. The Labute approximate surface area is 104 Å². The van der Waals surface area contributed by atoms with E-state index in [0.29, 0.717) is 17.1 Å². The Morgan fingerprint density at radius 3 is 2.89 bits per heavy atom. The van der Waals surface area contributed by atoms with Gasteiger partial charge in [-0.1, -0.05) is 12.1 Å². The lowest BCUT2D eigenvalue weighted by atomic mass is 10.1. The van der Waals surface area contributed by atoms with Crippen molar-refractivity contribution in [3.63, 3.8) is 0 Å². The first-order valence-electron chi connectivity index (χ1n) is 5.42. The number of hydrogen-bond donors (Lipinski definition) is 1. The molecule has 2 rings (SSSR count). The number of furan rings is 1. The fraction of sp³-hybridized carbons (Fsp3) is 0.143. The van der Waals surface area contributed by atoms with E-state index in [1.54, 1.807) is 31.2 Å². The summed E-state index contributed by atoms with van der Waals surface area (Å²) in [7, 11) is 0. The van der Waals surface area contributed by atoms with Crippen LogP contribution >= 0.6 is 0 Å². The van der Waals surface area contributed by atoms with Crippen LogP contribution in [0.2, 0.25) is 0 Å². The summed E-state index contributed by atoms with van der Waals surface area (Å²) in [6.07, 6.45) is -0.135. The van der Waals surface area contributed by atoms with Crippen molar-refractivity contribution in [2.24, 2.45) is 0 Å². The van der Waals surface area contributed by atoms with E-state index >= 15 is 0 Å². The molecule has 0 unspecified atom stereocenters. The van der Waals surface area contributed by atoms with E-state index < -0.39 is 5.97 Å². The van der Waals surface area contributed by atoms with Gasteiger partial charge in [0.2, 0.25) is 0 Å². The van der Waals surface area contributed by atoms with Crippen LogP contribution in [0.25, 0.3) is 11.3 Å². The molecule has 0 bridgehead atoms. The maximum atomic E-state index is 10.7. The molecule has 0 radical (unpaired) electrons. The largest absolute Gasteiger partial charge is 0.481 e. The lowest BCUT2D eigenvalue weighted by Crippen LogP contribution is -1.99. The molecule has 1 aromatic heterocycles. The lowest BCUT2D eigenvalue weighted by Gasteiger charge is -1.97. The van der Waals surface area contributed by atoms with Gasteiger partial charge < -0.3 is 9.52 Å². The van der Waals surface area contributed by atoms with Gasteiger partial charge in [-0.05, 0) is 30.7 Å². The van der Waals surface area contributed by atoms with Crippen molar-refractivity contribution < 1.29 is 14.3 Å². The summed E-state index contributed by atoms with van der Waals surface area (Å²) < 4.78 is 5.52. The number of rotatable bonds is 3. The van der Waals surface area contributed by atoms with Crippen LogP contribution in [0.15, 0.2) is 34.7 Å². The van der Waals surface area contributed by atoms with Gasteiger partial charge in [-0.3, -0.25) is 4.79 Å². The van der Waals surface area contributed by atoms with E-state index in [1.165, 1.54) is 0 Å². The molecule has 4 heteroatoms. The molecule has 2 aromatic rings. The Morgan fingerprint density at radius 1 is 1.44 bits per heavy atom. The molecule has 1 N–H and O–H groups in total. The monoisotopic (exact) mass is 241 g/mol. The summed E-state index contributed by atoms with van der Waals surface area (Å²) in [5, 5.41) is 17.6. The third-order valence-electron chi connectivity index (χ3n) is 2.61. The SMILES string of the molecule is Cc1cc(-c2cccc(C#N)c2)oc1CC(=O)O. The number of nitriles is 1. The Bertz CT molecular complexity index is 635. The Morgan fingerprint density at radius 2 is 2.22 bits per heavy atom. The van der Waals surface area contributed by atoms with Crippen LogP contribution in [-0.2, 0) is 11.2 Å². The smallest absolute Gasteiger partial charge is 0.311 e. The number of aryl methyl sites for hydroxylation is 1. The lowest BCUT2D eigenvalue weighted by molar-refractivity contribution is -0.136. The average Bonchev–Trinajstić information content (AvgIpc) is 2.70. The molecule has 90 valence electrons. The Balaban J connectivity index is 2.39. The van der Waals surface area contributed by atoms with Crippen LogP contribution in [0, 0.1) is 18.3 Å². The molecule has 1 aromatic carbocycles. The minimum Gasteiger partial charge on any atom is -0.481 e. The first-order valence-corrected chi connectivity index (χ1v) is 5.42. The Kier molecular flexibility index (Phi) is 3.16.